The van der Waals surface area contributed by atoms with Crippen molar-refractivity contribution < 1.29 is 9.50 Å². The van der Waals surface area contributed by atoms with Gasteiger partial charge in [0.1, 0.15) is 17.2 Å². The van der Waals surface area contributed by atoms with Crippen LogP contribution in [0.5, 0.6) is 0 Å². The van der Waals surface area contributed by atoms with Crippen LogP contribution in [0.3, 0.4) is 0 Å². The molecule has 0 aliphatic carbocycles. The summed E-state index contributed by atoms with van der Waals surface area (Å²) < 4.78 is 13.5. The van der Waals surface area contributed by atoms with E-state index in [-0.39, 0.29) is 5.82 Å². The SMILES string of the molecule is CCC(O)c1ccccc1-c1nc2cc(-c3cccc(F)c3)cnc2[nH]1. The van der Waals surface area contributed by atoms with Crippen molar-refractivity contribution >= 4 is 11.2 Å². The summed E-state index contributed by atoms with van der Waals surface area (Å²) in [6.45, 7) is 1.94. The number of aromatic amines is 1. The van der Waals surface area contributed by atoms with Crippen LogP contribution in [0.15, 0.2) is 60.8 Å². The van der Waals surface area contributed by atoms with Crippen LogP contribution in [-0.2, 0) is 0 Å². The summed E-state index contributed by atoms with van der Waals surface area (Å²) in [4.78, 5) is 12.3. The van der Waals surface area contributed by atoms with Crippen LogP contribution in [0.1, 0.15) is 25.0 Å². The molecule has 2 aromatic heterocycles. The highest BCUT2D eigenvalue weighted by Gasteiger charge is 2.15. The van der Waals surface area contributed by atoms with Gasteiger partial charge in [-0.3, -0.25) is 0 Å². The highest BCUT2D eigenvalue weighted by Crippen LogP contribution is 2.30. The quantitative estimate of drug-likeness (QED) is 0.553. The Morgan fingerprint density at radius 2 is 1.92 bits per heavy atom. The van der Waals surface area contributed by atoms with Gasteiger partial charge in [-0.05, 0) is 35.7 Å². The van der Waals surface area contributed by atoms with Crippen molar-refractivity contribution in [2.45, 2.75) is 19.4 Å². The summed E-state index contributed by atoms with van der Waals surface area (Å²) in [6.07, 6.45) is 1.78. The first kappa shape index (κ1) is 16.4. The third-order valence-electron chi connectivity index (χ3n) is 4.46. The van der Waals surface area contributed by atoms with Crippen LogP contribution in [0.4, 0.5) is 4.39 Å². The number of rotatable bonds is 4. The van der Waals surface area contributed by atoms with Crippen molar-refractivity contribution in [3.05, 3.63) is 72.2 Å². The molecule has 130 valence electrons. The predicted octanol–water partition coefficient (Wildman–Crippen LogP) is 4.87. The number of imidazole rings is 1. The molecule has 1 unspecified atom stereocenters. The number of nitrogens with zero attached hydrogens (tertiary/aromatic N) is 2. The van der Waals surface area contributed by atoms with E-state index < -0.39 is 6.10 Å². The molecule has 4 nitrogen and oxygen atoms in total. The van der Waals surface area contributed by atoms with Gasteiger partial charge in [0.2, 0.25) is 0 Å². The van der Waals surface area contributed by atoms with E-state index in [1.165, 1.54) is 12.1 Å². The minimum Gasteiger partial charge on any atom is -0.388 e. The van der Waals surface area contributed by atoms with E-state index in [0.717, 1.165) is 22.3 Å². The maximum absolute atomic E-state index is 13.5. The second-order valence-corrected chi connectivity index (χ2v) is 6.20. The van der Waals surface area contributed by atoms with Gasteiger partial charge in [-0.1, -0.05) is 43.3 Å². The lowest BCUT2D eigenvalue weighted by Crippen LogP contribution is -1.98. The van der Waals surface area contributed by atoms with E-state index in [4.69, 9.17) is 0 Å². The highest BCUT2D eigenvalue weighted by molar-refractivity contribution is 5.81. The second-order valence-electron chi connectivity index (χ2n) is 6.20. The molecule has 4 rings (SSSR count). The van der Waals surface area contributed by atoms with Crippen molar-refractivity contribution in [1.82, 2.24) is 15.0 Å². The van der Waals surface area contributed by atoms with E-state index in [1.54, 1.807) is 12.3 Å². The van der Waals surface area contributed by atoms with Crippen molar-refractivity contribution in [1.29, 1.82) is 0 Å². The first-order valence-corrected chi connectivity index (χ1v) is 8.54. The number of hydrogen-bond acceptors (Lipinski definition) is 3. The molecule has 0 fully saturated rings. The molecule has 26 heavy (non-hydrogen) atoms. The topological polar surface area (TPSA) is 61.8 Å². The maximum atomic E-state index is 13.5. The van der Waals surface area contributed by atoms with Crippen LogP contribution in [0, 0.1) is 5.82 Å². The number of hydrogen-bond donors (Lipinski definition) is 2. The smallest absolute Gasteiger partial charge is 0.157 e. The number of aliphatic hydroxyl groups excluding tert-OH is 1. The minimum atomic E-state index is -0.546. The van der Waals surface area contributed by atoms with E-state index in [9.17, 15) is 9.50 Å². The van der Waals surface area contributed by atoms with E-state index >= 15 is 0 Å². The lowest BCUT2D eigenvalue weighted by molar-refractivity contribution is 0.174. The van der Waals surface area contributed by atoms with E-state index in [1.807, 2.05) is 43.3 Å². The fourth-order valence-corrected chi connectivity index (χ4v) is 3.07. The molecule has 0 radical (unpaired) electrons. The molecule has 2 N–H and O–H groups in total. The molecule has 0 saturated heterocycles. The Kier molecular flexibility index (Phi) is 4.22. The molecule has 0 saturated carbocycles. The molecule has 0 aliphatic rings. The molecular formula is C21H18FN3O. The van der Waals surface area contributed by atoms with Crippen LogP contribution in [0.25, 0.3) is 33.7 Å². The number of benzene rings is 2. The van der Waals surface area contributed by atoms with Gasteiger partial charge in [-0.25, -0.2) is 14.4 Å². The number of nitrogens with one attached hydrogen (secondary N) is 1. The van der Waals surface area contributed by atoms with Crippen molar-refractivity contribution in [2.75, 3.05) is 0 Å². The molecule has 4 aromatic rings. The Bertz CT molecular complexity index is 1070. The Labute approximate surface area is 150 Å². The van der Waals surface area contributed by atoms with E-state index in [0.29, 0.717) is 23.4 Å². The molecular weight excluding hydrogens is 329 g/mol. The fraction of sp³-hybridized carbons (Fsp3) is 0.143. The standard InChI is InChI=1S/C21H18FN3O/c1-2-19(26)16-8-3-4-9-17(16)20-24-18-11-14(12-23-21(18)25-20)13-6-5-7-15(22)10-13/h3-12,19,26H,2H2,1H3,(H,23,24,25). The number of aromatic nitrogens is 3. The minimum absolute atomic E-state index is 0.284. The van der Waals surface area contributed by atoms with Gasteiger partial charge >= 0.3 is 0 Å². The zero-order valence-electron chi connectivity index (χ0n) is 14.3. The summed E-state index contributed by atoms with van der Waals surface area (Å²) in [5.74, 6) is 0.375. The summed E-state index contributed by atoms with van der Waals surface area (Å²) in [7, 11) is 0. The predicted molar refractivity (Wildman–Crippen MR) is 100.0 cm³/mol. The summed E-state index contributed by atoms with van der Waals surface area (Å²) in [5.41, 5.74) is 4.60. The largest absolute Gasteiger partial charge is 0.388 e. The highest BCUT2D eigenvalue weighted by atomic mass is 19.1. The summed E-state index contributed by atoms with van der Waals surface area (Å²) in [6, 6.07) is 15.9. The molecule has 0 aliphatic heterocycles. The van der Waals surface area contributed by atoms with Gasteiger partial charge in [0.05, 0.1) is 6.10 Å². The average molecular weight is 347 g/mol. The van der Waals surface area contributed by atoms with Gasteiger partial charge in [0, 0.05) is 17.3 Å². The molecule has 0 bridgehead atoms. The van der Waals surface area contributed by atoms with E-state index in [2.05, 4.69) is 15.0 Å². The van der Waals surface area contributed by atoms with Gasteiger partial charge < -0.3 is 10.1 Å². The first-order valence-electron chi connectivity index (χ1n) is 8.54. The molecule has 1 atom stereocenters. The summed E-state index contributed by atoms with van der Waals surface area (Å²) >= 11 is 0. The number of halogens is 1. The molecule has 5 heteroatoms. The lowest BCUT2D eigenvalue weighted by Gasteiger charge is -2.12. The Morgan fingerprint density at radius 3 is 2.73 bits per heavy atom. The second kappa shape index (κ2) is 6.69. The maximum Gasteiger partial charge on any atom is 0.157 e. The molecule has 0 amide bonds. The Hall–Kier alpha value is -3.05. The molecule has 0 spiro atoms. The average Bonchev–Trinajstić information content (AvgIpc) is 3.10. The third kappa shape index (κ3) is 2.97. The monoisotopic (exact) mass is 347 g/mol. The van der Waals surface area contributed by atoms with Crippen molar-refractivity contribution in [3.63, 3.8) is 0 Å². The van der Waals surface area contributed by atoms with Crippen LogP contribution in [0.2, 0.25) is 0 Å². The van der Waals surface area contributed by atoms with Crippen LogP contribution >= 0.6 is 0 Å². The van der Waals surface area contributed by atoms with Crippen LogP contribution < -0.4 is 0 Å². The van der Waals surface area contributed by atoms with Gasteiger partial charge in [-0.15, -0.1) is 0 Å². The normalized spacial score (nSPS) is 12.4. The van der Waals surface area contributed by atoms with Crippen molar-refractivity contribution in [2.24, 2.45) is 0 Å². The summed E-state index contributed by atoms with van der Waals surface area (Å²) in [5, 5.41) is 10.3. The third-order valence-corrected chi connectivity index (χ3v) is 4.46. The van der Waals surface area contributed by atoms with Crippen LogP contribution in [-0.4, -0.2) is 20.1 Å². The lowest BCUT2D eigenvalue weighted by atomic mass is 10.0. The number of pyridine rings is 1. The Balaban J connectivity index is 1.80. The molecule has 2 aromatic carbocycles. The number of aliphatic hydroxyl groups is 1. The fourth-order valence-electron chi connectivity index (χ4n) is 3.07. The zero-order chi connectivity index (χ0) is 18.1. The van der Waals surface area contributed by atoms with Gasteiger partial charge in [0.15, 0.2) is 5.65 Å². The number of fused-ring (bicyclic) bond motifs is 1. The first-order chi connectivity index (χ1) is 12.7. The molecule has 2 heterocycles. The number of H-pyrrole nitrogens is 1. The van der Waals surface area contributed by atoms with Crippen molar-refractivity contribution in [3.8, 4) is 22.5 Å². The van der Waals surface area contributed by atoms with Gasteiger partial charge in [0.25, 0.3) is 0 Å². The Morgan fingerprint density at radius 1 is 1.08 bits per heavy atom. The zero-order valence-corrected chi connectivity index (χ0v) is 14.3. The van der Waals surface area contributed by atoms with Gasteiger partial charge in [-0.2, -0.15) is 0 Å².